The first-order valence-electron chi connectivity index (χ1n) is 6.44. The summed E-state index contributed by atoms with van der Waals surface area (Å²) in [5.41, 5.74) is 0. The van der Waals surface area contributed by atoms with Gasteiger partial charge in [0.2, 0.25) is 5.91 Å². The minimum Gasteiger partial charge on any atom is -0.356 e. The minimum atomic E-state index is -0.369. The van der Waals surface area contributed by atoms with Gasteiger partial charge in [0.05, 0.1) is 6.04 Å². The summed E-state index contributed by atoms with van der Waals surface area (Å²) in [5, 5.41) is 5.96. The van der Waals surface area contributed by atoms with Crippen molar-refractivity contribution < 1.29 is 9.59 Å². The summed E-state index contributed by atoms with van der Waals surface area (Å²) < 4.78 is 0. The van der Waals surface area contributed by atoms with E-state index in [0.717, 1.165) is 6.42 Å². The molecule has 0 rings (SSSR count). The van der Waals surface area contributed by atoms with Crippen molar-refractivity contribution in [2.24, 2.45) is 5.92 Å². The van der Waals surface area contributed by atoms with E-state index in [9.17, 15) is 9.59 Å². The van der Waals surface area contributed by atoms with E-state index < -0.39 is 0 Å². The van der Waals surface area contributed by atoms with Crippen LogP contribution in [0.25, 0.3) is 0 Å². The van der Waals surface area contributed by atoms with Crippen molar-refractivity contribution in [1.82, 2.24) is 10.6 Å². The molecule has 0 aliphatic carbocycles. The van der Waals surface area contributed by atoms with Crippen LogP contribution in [0.15, 0.2) is 0 Å². The molecular weight excluding hydrogens is 216 g/mol. The molecule has 4 heteroatoms. The predicted octanol–water partition coefficient (Wildman–Crippen LogP) is 1.49. The van der Waals surface area contributed by atoms with Crippen LogP contribution in [0.1, 0.15) is 47.5 Å². The Hall–Kier alpha value is -0.900. The topological polar surface area (TPSA) is 58.2 Å². The molecule has 0 aromatic heterocycles. The summed E-state index contributed by atoms with van der Waals surface area (Å²) in [6.07, 6.45) is 1.14. The van der Waals surface area contributed by atoms with E-state index in [2.05, 4.69) is 10.6 Å². The van der Waals surface area contributed by atoms with Crippen LogP contribution >= 0.6 is 0 Å². The smallest absolute Gasteiger partial charge is 0.222 e. The van der Waals surface area contributed by atoms with Gasteiger partial charge in [0.25, 0.3) is 0 Å². The third-order valence-electron chi connectivity index (χ3n) is 2.41. The molecule has 0 unspecified atom stereocenters. The lowest BCUT2D eigenvalue weighted by Crippen LogP contribution is -2.45. The zero-order valence-corrected chi connectivity index (χ0v) is 11.7. The second-order valence-electron chi connectivity index (χ2n) is 4.99. The summed E-state index contributed by atoms with van der Waals surface area (Å²) in [6.45, 7) is 10.4. The molecule has 0 aromatic rings. The molecule has 0 aromatic carbocycles. The summed E-state index contributed by atoms with van der Waals surface area (Å²) in [4.78, 5) is 23.6. The maximum atomic E-state index is 11.9. The van der Waals surface area contributed by atoms with Crippen molar-refractivity contribution in [2.75, 3.05) is 6.54 Å². The maximum absolute atomic E-state index is 11.9. The zero-order valence-electron chi connectivity index (χ0n) is 11.7. The van der Waals surface area contributed by atoms with Gasteiger partial charge in [0.1, 0.15) is 0 Å². The molecule has 1 atom stereocenters. The highest BCUT2D eigenvalue weighted by Gasteiger charge is 2.24. The number of Topliss-reactive ketones (excluding diaryl/α,β-unsaturated/α-hetero) is 1. The SMILES string of the molecule is CCCNC(=O)C[C@H](NC(C)C)C(=O)C(C)C. The van der Waals surface area contributed by atoms with E-state index in [1.165, 1.54) is 0 Å². The third kappa shape index (κ3) is 7.10. The van der Waals surface area contributed by atoms with E-state index in [1.54, 1.807) is 0 Å². The average Bonchev–Trinajstić information content (AvgIpc) is 2.23. The highest BCUT2D eigenvalue weighted by Crippen LogP contribution is 2.05. The lowest BCUT2D eigenvalue weighted by atomic mass is 9.98. The summed E-state index contributed by atoms with van der Waals surface area (Å²) in [6, 6.07) is -0.173. The van der Waals surface area contributed by atoms with Crippen LogP contribution in [0.4, 0.5) is 0 Å². The van der Waals surface area contributed by atoms with Gasteiger partial charge in [-0.2, -0.15) is 0 Å². The van der Waals surface area contributed by atoms with E-state index in [4.69, 9.17) is 0 Å². The van der Waals surface area contributed by atoms with Gasteiger partial charge in [-0.1, -0.05) is 34.6 Å². The Morgan fingerprint density at radius 2 is 1.71 bits per heavy atom. The quantitative estimate of drug-likeness (QED) is 0.678. The molecule has 17 heavy (non-hydrogen) atoms. The molecule has 4 nitrogen and oxygen atoms in total. The number of ketones is 1. The largest absolute Gasteiger partial charge is 0.356 e. The fraction of sp³-hybridized carbons (Fsp3) is 0.846. The molecule has 100 valence electrons. The fourth-order valence-electron chi connectivity index (χ4n) is 1.57. The Morgan fingerprint density at radius 1 is 1.12 bits per heavy atom. The molecule has 0 fully saturated rings. The van der Waals surface area contributed by atoms with E-state index in [-0.39, 0.29) is 36.1 Å². The second kappa shape index (κ2) is 8.23. The van der Waals surface area contributed by atoms with Gasteiger partial charge in [-0.3, -0.25) is 9.59 Å². The van der Waals surface area contributed by atoms with Crippen LogP contribution in [0.5, 0.6) is 0 Å². The number of hydrogen-bond acceptors (Lipinski definition) is 3. The van der Waals surface area contributed by atoms with Crippen LogP contribution in [0, 0.1) is 5.92 Å². The molecule has 0 aliphatic rings. The Balaban J connectivity index is 4.38. The molecule has 2 N–H and O–H groups in total. The molecule has 0 saturated carbocycles. The van der Waals surface area contributed by atoms with Crippen LogP contribution in [0.2, 0.25) is 0 Å². The summed E-state index contributed by atoms with van der Waals surface area (Å²) in [7, 11) is 0. The van der Waals surface area contributed by atoms with Crippen molar-refractivity contribution in [2.45, 2.75) is 59.5 Å². The highest BCUT2D eigenvalue weighted by molar-refractivity contribution is 5.90. The van der Waals surface area contributed by atoms with Gasteiger partial charge < -0.3 is 10.6 Å². The number of carbonyl (C=O) groups excluding carboxylic acids is 2. The standard InChI is InChI=1S/C13H26N2O2/c1-6-7-14-12(16)8-11(15-10(4)5)13(17)9(2)3/h9-11,15H,6-8H2,1-5H3,(H,14,16)/t11-/m0/s1. The Labute approximate surface area is 105 Å². The molecular formula is C13H26N2O2. The van der Waals surface area contributed by atoms with Crippen LogP contribution in [0.3, 0.4) is 0 Å². The van der Waals surface area contributed by atoms with Gasteiger partial charge in [-0.25, -0.2) is 0 Å². The maximum Gasteiger partial charge on any atom is 0.222 e. The number of hydrogen-bond donors (Lipinski definition) is 2. The van der Waals surface area contributed by atoms with Crippen molar-refractivity contribution in [3.05, 3.63) is 0 Å². The first kappa shape index (κ1) is 16.1. The number of amides is 1. The van der Waals surface area contributed by atoms with Gasteiger partial charge in [-0.15, -0.1) is 0 Å². The number of rotatable bonds is 8. The fourth-order valence-corrected chi connectivity index (χ4v) is 1.57. The van der Waals surface area contributed by atoms with Crippen molar-refractivity contribution in [1.29, 1.82) is 0 Å². The first-order chi connectivity index (χ1) is 7.88. The average molecular weight is 242 g/mol. The van der Waals surface area contributed by atoms with Crippen molar-refractivity contribution >= 4 is 11.7 Å². The number of carbonyl (C=O) groups is 2. The lowest BCUT2D eigenvalue weighted by molar-refractivity contribution is -0.129. The van der Waals surface area contributed by atoms with Gasteiger partial charge in [-0.05, 0) is 6.42 Å². The summed E-state index contributed by atoms with van der Waals surface area (Å²) in [5.74, 6) is -0.00502. The molecule has 0 spiro atoms. The lowest BCUT2D eigenvalue weighted by Gasteiger charge is -2.21. The van der Waals surface area contributed by atoms with E-state index in [0.29, 0.717) is 6.54 Å². The minimum absolute atomic E-state index is 0.0507. The van der Waals surface area contributed by atoms with Gasteiger partial charge in [0.15, 0.2) is 5.78 Å². The molecule has 0 aliphatic heterocycles. The summed E-state index contributed by atoms with van der Waals surface area (Å²) >= 11 is 0. The van der Waals surface area contributed by atoms with E-state index in [1.807, 2.05) is 34.6 Å². The van der Waals surface area contributed by atoms with Crippen LogP contribution < -0.4 is 10.6 Å². The molecule has 0 heterocycles. The molecule has 0 saturated heterocycles. The predicted molar refractivity (Wildman–Crippen MR) is 69.8 cm³/mol. The van der Waals surface area contributed by atoms with Crippen molar-refractivity contribution in [3.8, 4) is 0 Å². The Bertz CT molecular complexity index is 250. The van der Waals surface area contributed by atoms with E-state index >= 15 is 0 Å². The van der Waals surface area contributed by atoms with Gasteiger partial charge in [0, 0.05) is 24.9 Å². The molecule has 1 amide bonds. The third-order valence-corrected chi connectivity index (χ3v) is 2.41. The Morgan fingerprint density at radius 3 is 2.12 bits per heavy atom. The van der Waals surface area contributed by atoms with Gasteiger partial charge >= 0.3 is 0 Å². The molecule has 0 radical (unpaired) electrons. The highest BCUT2D eigenvalue weighted by atomic mass is 16.2. The Kier molecular flexibility index (Phi) is 7.79. The second-order valence-corrected chi connectivity index (χ2v) is 4.99. The normalized spacial score (nSPS) is 12.9. The zero-order chi connectivity index (χ0) is 13.4. The molecule has 0 bridgehead atoms. The van der Waals surface area contributed by atoms with Crippen molar-refractivity contribution in [3.63, 3.8) is 0 Å². The van der Waals surface area contributed by atoms with Crippen LogP contribution in [-0.4, -0.2) is 30.3 Å². The first-order valence-corrected chi connectivity index (χ1v) is 6.44. The van der Waals surface area contributed by atoms with Crippen LogP contribution in [-0.2, 0) is 9.59 Å². The number of nitrogens with one attached hydrogen (secondary N) is 2. The monoisotopic (exact) mass is 242 g/mol.